The van der Waals surface area contributed by atoms with Gasteiger partial charge in [-0.1, -0.05) is 17.7 Å². The van der Waals surface area contributed by atoms with Gasteiger partial charge in [0.2, 0.25) is 0 Å². The molecular formula is C28H24ClFN6. The normalized spacial score (nSPS) is 12.2. The van der Waals surface area contributed by atoms with Crippen molar-refractivity contribution in [3.05, 3.63) is 89.6 Å². The second kappa shape index (κ2) is 10.3. The maximum absolute atomic E-state index is 14.9. The van der Waals surface area contributed by atoms with Crippen LogP contribution < -0.4 is 11.1 Å². The molecule has 0 saturated heterocycles. The van der Waals surface area contributed by atoms with E-state index in [9.17, 15) is 4.39 Å². The quantitative estimate of drug-likeness (QED) is 0.194. The summed E-state index contributed by atoms with van der Waals surface area (Å²) in [6, 6.07) is 16.3. The minimum atomic E-state index is -0.368. The molecule has 8 heteroatoms. The lowest BCUT2D eigenvalue weighted by Gasteiger charge is -2.09. The average molecular weight is 499 g/mol. The summed E-state index contributed by atoms with van der Waals surface area (Å²) in [5.74, 6) is -0.368. The molecular weight excluding hydrogens is 475 g/mol. The molecule has 0 amide bonds. The van der Waals surface area contributed by atoms with E-state index in [1.807, 2.05) is 43.4 Å². The van der Waals surface area contributed by atoms with Crippen molar-refractivity contribution in [3.8, 4) is 22.4 Å². The fraction of sp³-hybridized carbons (Fsp3) is 0.107. The highest BCUT2D eigenvalue weighted by molar-refractivity contribution is 6.31. The number of H-pyrrole nitrogens is 1. The number of hydrogen-bond acceptors (Lipinski definition) is 5. The molecule has 4 N–H and O–H groups in total. The summed E-state index contributed by atoms with van der Waals surface area (Å²) in [6.07, 6.45) is 6.79. The largest absolute Gasteiger partial charge is 0.404 e. The number of fused-ring (bicyclic) bond motifs is 2. The Morgan fingerprint density at radius 3 is 2.89 bits per heavy atom. The lowest BCUT2D eigenvalue weighted by Crippen LogP contribution is -2.10. The topological polar surface area (TPSA) is 92.0 Å². The van der Waals surface area contributed by atoms with Crippen molar-refractivity contribution in [1.82, 2.24) is 20.3 Å². The van der Waals surface area contributed by atoms with E-state index in [0.717, 1.165) is 50.7 Å². The standard InChI is InChI=1S/C28H24ClFN6/c1-32-9-10-33-15-20(14-31)19-12-18-11-17(4-7-24(18)35-16-19)26-27(22-13-21(29)5-6-23(22)30)36-25-3-2-8-34-28(25)26/h2-8,11-16,32,36H,9-10,31H2,1H3. The van der Waals surface area contributed by atoms with Crippen LogP contribution in [0.2, 0.25) is 5.02 Å². The molecule has 0 spiro atoms. The first kappa shape index (κ1) is 23.7. The Kier molecular flexibility index (Phi) is 6.75. The number of hydrogen-bond donors (Lipinski definition) is 3. The molecule has 0 aliphatic carbocycles. The van der Waals surface area contributed by atoms with Crippen LogP contribution in [0.3, 0.4) is 0 Å². The summed E-state index contributed by atoms with van der Waals surface area (Å²) in [5, 5.41) is 4.43. The van der Waals surface area contributed by atoms with Crippen molar-refractivity contribution < 1.29 is 4.39 Å². The number of benzene rings is 2. The van der Waals surface area contributed by atoms with E-state index in [-0.39, 0.29) is 5.82 Å². The van der Waals surface area contributed by atoms with Crippen molar-refractivity contribution in [2.24, 2.45) is 10.7 Å². The van der Waals surface area contributed by atoms with Crippen LogP contribution in [0.5, 0.6) is 0 Å². The van der Waals surface area contributed by atoms with Crippen LogP contribution in [0.4, 0.5) is 4.39 Å². The van der Waals surface area contributed by atoms with Gasteiger partial charge in [-0.3, -0.25) is 15.0 Å². The minimum Gasteiger partial charge on any atom is -0.404 e. The fourth-order valence-corrected chi connectivity index (χ4v) is 4.36. The van der Waals surface area contributed by atoms with E-state index in [2.05, 4.69) is 25.3 Å². The van der Waals surface area contributed by atoms with E-state index in [0.29, 0.717) is 22.8 Å². The van der Waals surface area contributed by atoms with Crippen LogP contribution in [-0.4, -0.2) is 41.3 Å². The van der Waals surface area contributed by atoms with E-state index in [4.69, 9.17) is 17.3 Å². The summed E-state index contributed by atoms with van der Waals surface area (Å²) in [5.41, 5.74) is 12.6. The van der Waals surface area contributed by atoms with Crippen molar-refractivity contribution in [2.75, 3.05) is 20.1 Å². The molecule has 5 rings (SSSR count). The van der Waals surface area contributed by atoms with Crippen molar-refractivity contribution in [3.63, 3.8) is 0 Å². The molecule has 5 aromatic rings. The van der Waals surface area contributed by atoms with Gasteiger partial charge in [-0.15, -0.1) is 0 Å². The number of halogens is 2. The van der Waals surface area contributed by atoms with Crippen LogP contribution in [0, 0.1) is 5.82 Å². The minimum absolute atomic E-state index is 0.368. The Morgan fingerprint density at radius 2 is 2.06 bits per heavy atom. The molecule has 3 heterocycles. The summed E-state index contributed by atoms with van der Waals surface area (Å²) in [6.45, 7) is 1.43. The van der Waals surface area contributed by atoms with Crippen LogP contribution in [0.25, 0.3) is 49.9 Å². The molecule has 0 bridgehead atoms. The van der Waals surface area contributed by atoms with Gasteiger partial charge in [0.25, 0.3) is 0 Å². The first-order valence-corrected chi connectivity index (χ1v) is 11.9. The van der Waals surface area contributed by atoms with E-state index < -0.39 is 0 Å². The average Bonchev–Trinajstić information content (AvgIpc) is 3.29. The number of aromatic nitrogens is 3. The third-order valence-electron chi connectivity index (χ3n) is 5.96. The van der Waals surface area contributed by atoms with Crippen LogP contribution in [-0.2, 0) is 0 Å². The Hall–Kier alpha value is -4.07. The zero-order chi connectivity index (χ0) is 25.1. The molecule has 180 valence electrons. The molecule has 2 aromatic carbocycles. The number of nitrogens with two attached hydrogens (primary N) is 1. The second-order valence-electron chi connectivity index (χ2n) is 8.29. The van der Waals surface area contributed by atoms with Gasteiger partial charge in [0.15, 0.2) is 0 Å². The molecule has 0 aliphatic rings. The molecule has 0 aliphatic heterocycles. The Labute approximate surface area is 212 Å². The van der Waals surface area contributed by atoms with Gasteiger partial charge in [-0.25, -0.2) is 4.39 Å². The summed E-state index contributed by atoms with van der Waals surface area (Å²) < 4.78 is 14.9. The Bertz CT molecular complexity index is 1620. The Morgan fingerprint density at radius 1 is 1.17 bits per heavy atom. The second-order valence-corrected chi connectivity index (χ2v) is 8.73. The molecule has 0 unspecified atom stereocenters. The van der Waals surface area contributed by atoms with Crippen LogP contribution in [0.1, 0.15) is 5.56 Å². The van der Waals surface area contributed by atoms with Crippen molar-refractivity contribution in [1.29, 1.82) is 0 Å². The van der Waals surface area contributed by atoms with Gasteiger partial charge in [-0.2, -0.15) is 0 Å². The number of aliphatic imine (C=N–C) groups is 1. The first-order valence-electron chi connectivity index (χ1n) is 11.5. The lowest BCUT2D eigenvalue weighted by atomic mass is 9.98. The zero-order valence-corrected chi connectivity index (χ0v) is 20.4. The number of rotatable bonds is 7. The van der Waals surface area contributed by atoms with Crippen molar-refractivity contribution in [2.45, 2.75) is 0 Å². The first-order chi connectivity index (χ1) is 17.6. The fourth-order valence-electron chi connectivity index (χ4n) is 4.19. The Balaban J connectivity index is 1.65. The van der Waals surface area contributed by atoms with Gasteiger partial charge >= 0.3 is 0 Å². The summed E-state index contributed by atoms with van der Waals surface area (Å²) in [4.78, 5) is 17.0. The van der Waals surface area contributed by atoms with Gasteiger partial charge in [0, 0.05) is 64.0 Å². The van der Waals surface area contributed by atoms with E-state index in [1.54, 1.807) is 24.7 Å². The lowest BCUT2D eigenvalue weighted by molar-refractivity contribution is 0.631. The monoisotopic (exact) mass is 498 g/mol. The number of likely N-dealkylation sites (N-methyl/N-ethyl adjacent to an activating group) is 1. The predicted octanol–water partition coefficient (Wildman–Crippen LogP) is 5.83. The molecule has 6 nitrogen and oxygen atoms in total. The number of pyridine rings is 2. The van der Waals surface area contributed by atoms with Gasteiger partial charge in [0.1, 0.15) is 5.82 Å². The SMILES string of the molecule is CNCCN=CC(=CN)c1cnc2ccc(-c3c(-c4cc(Cl)ccc4F)[nH]c4cccnc34)cc2c1. The summed E-state index contributed by atoms with van der Waals surface area (Å²) >= 11 is 6.22. The maximum Gasteiger partial charge on any atom is 0.132 e. The molecule has 36 heavy (non-hydrogen) atoms. The highest BCUT2D eigenvalue weighted by Crippen LogP contribution is 2.40. The van der Waals surface area contributed by atoms with Crippen LogP contribution >= 0.6 is 11.6 Å². The highest BCUT2D eigenvalue weighted by atomic mass is 35.5. The number of allylic oxidation sites excluding steroid dienone is 1. The number of nitrogens with one attached hydrogen (secondary N) is 2. The predicted molar refractivity (Wildman–Crippen MR) is 147 cm³/mol. The third kappa shape index (κ3) is 4.58. The molecule has 0 atom stereocenters. The molecule has 3 aromatic heterocycles. The maximum atomic E-state index is 14.9. The molecule has 0 fully saturated rings. The van der Waals surface area contributed by atoms with Gasteiger partial charge < -0.3 is 16.0 Å². The van der Waals surface area contributed by atoms with Crippen LogP contribution in [0.15, 0.2) is 78.2 Å². The number of aromatic amines is 1. The smallest absolute Gasteiger partial charge is 0.132 e. The van der Waals surface area contributed by atoms with Gasteiger partial charge in [0.05, 0.1) is 28.8 Å². The van der Waals surface area contributed by atoms with Crippen molar-refractivity contribution >= 4 is 45.3 Å². The zero-order valence-electron chi connectivity index (χ0n) is 19.6. The third-order valence-corrected chi connectivity index (χ3v) is 6.19. The summed E-state index contributed by atoms with van der Waals surface area (Å²) in [7, 11) is 1.88. The molecule has 0 radical (unpaired) electrons. The number of nitrogens with zero attached hydrogens (tertiary/aromatic N) is 3. The highest BCUT2D eigenvalue weighted by Gasteiger charge is 2.19. The van der Waals surface area contributed by atoms with Gasteiger partial charge in [-0.05, 0) is 61.1 Å². The van der Waals surface area contributed by atoms with E-state index in [1.165, 1.54) is 18.3 Å². The molecule has 0 saturated carbocycles. The van der Waals surface area contributed by atoms with E-state index >= 15 is 0 Å².